The molecule has 112 valence electrons. The Morgan fingerprint density at radius 1 is 1.19 bits per heavy atom. The van der Waals surface area contributed by atoms with Gasteiger partial charge < -0.3 is 14.8 Å². The number of benzene rings is 1. The van der Waals surface area contributed by atoms with Crippen LogP contribution in [0.4, 0.5) is 0 Å². The topological polar surface area (TPSA) is 33.7 Å². The van der Waals surface area contributed by atoms with Gasteiger partial charge in [0.15, 0.2) is 11.5 Å². The lowest BCUT2D eigenvalue weighted by Gasteiger charge is -2.49. The van der Waals surface area contributed by atoms with Gasteiger partial charge in [-0.05, 0) is 61.4 Å². The van der Waals surface area contributed by atoms with Crippen molar-refractivity contribution >= 4 is 0 Å². The summed E-state index contributed by atoms with van der Waals surface area (Å²) in [5.74, 6) is 2.73. The number of fused-ring (bicyclic) bond motifs is 5. The van der Waals surface area contributed by atoms with Gasteiger partial charge in [0.1, 0.15) is 0 Å². The van der Waals surface area contributed by atoms with Crippen LogP contribution in [0.3, 0.4) is 0 Å². The van der Waals surface area contributed by atoms with Crippen LogP contribution >= 0.6 is 0 Å². The summed E-state index contributed by atoms with van der Waals surface area (Å²) in [4.78, 5) is 2.71. The van der Waals surface area contributed by atoms with E-state index in [1.165, 1.54) is 50.0 Å². The summed E-state index contributed by atoms with van der Waals surface area (Å²) in [5, 5.41) is 3.75. The first-order valence-electron chi connectivity index (χ1n) is 8.28. The van der Waals surface area contributed by atoms with Crippen molar-refractivity contribution in [3.8, 4) is 11.5 Å². The molecule has 0 aliphatic carbocycles. The van der Waals surface area contributed by atoms with Crippen molar-refractivity contribution in [1.82, 2.24) is 10.2 Å². The normalized spacial score (nSPS) is 34.0. The van der Waals surface area contributed by atoms with Crippen LogP contribution in [0.1, 0.15) is 36.4 Å². The molecule has 0 spiro atoms. The van der Waals surface area contributed by atoms with Gasteiger partial charge in [0.05, 0.1) is 0 Å². The van der Waals surface area contributed by atoms with Crippen LogP contribution in [-0.2, 0) is 6.42 Å². The van der Waals surface area contributed by atoms with Crippen LogP contribution in [-0.4, -0.2) is 37.4 Å². The van der Waals surface area contributed by atoms with E-state index >= 15 is 0 Å². The molecule has 4 heteroatoms. The monoisotopic (exact) mass is 286 g/mol. The number of piperidine rings is 2. The zero-order chi connectivity index (χ0) is 13.8. The van der Waals surface area contributed by atoms with Crippen LogP contribution < -0.4 is 14.8 Å². The molecule has 4 nitrogen and oxygen atoms in total. The van der Waals surface area contributed by atoms with Gasteiger partial charge in [-0.3, -0.25) is 4.90 Å². The highest BCUT2D eigenvalue weighted by Crippen LogP contribution is 2.44. The van der Waals surface area contributed by atoms with Crippen LogP contribution in [0.25, 0.3) is 0 Å². The Bertz CT molecular complexity index is 574. The van der Waals surface area contributed by atoms with Gasteiger partial charge >= 0.3 is 0 Å². The second-order valence-corrected chi connectivity index (χ2v) is 6.86. The minimum absolute atomic E-state index is 0.374. The molecule has 0 amide bonds. The average Bonchev–Trinajstić information content (AvgIpc) is 2.98. The summed E-state index contributed by atoms with van der Waals surface area (Å²) in [6.07, 6.45) is 5.13. The van der Waals surface area contributed by atoms with E-state index in [2.05, 4.69) is 22.3 Å². The maximum atomic E-state index is 5.59. The Hall–Kier alpha value is -1.26. The zero-order valence-corrected chi connectivity index (χ0v) is 12.3. The first-order chi connectivity index (χ1) is 10.4. The Labute approximate surface area is 125 Å². The van der Waals surface area contributed by atoms with Gasteiger partial charge in [-0.1, -0.05) is 0 Å². The Morgan fingerprint density at radius 2 is 2.10 bits per heavy atom. The third-order valence-corrected chi connectivity index (χ3v) is 5.78. The molecule has 1 aromatic rings. The summed E-state index contributed by atoms with van der Waals surface area (Å²) in [6.45, 7) is 4.03. The molecule has 0 unspecified atom stereocenters. The Morgan fingerprint density at radius 3 is 3.05 bits per heavy atom. The molecule has 1 aromatic carbocycles. The lowest BCUT2D eigenvalue weighted by Crippen LogP contribution is -2.54. The first-order valence-corrected chi connectivity index (χ1v) is 8.28. The molecule has 0 radical (unpaired) electrons. The van der Waals surface area contributed by atoms with Crippen LogP contribution in [0.5, 0.6) is 11.5 Å². The highest BCUT2D eigenvalue weighted by molar-refractivity contribution is 5.50. The number of nitrogens with zero attached hydrogens (tertiary/aromatic N) is 1. The molecule has 0 saturated carbocycles. The average molecular weight is 286 g/mol. The van der Waals surface area contributed by atoms with E-state index < -0.39 is 0 Å². The molecule has 2 fully saturated rings. The second kappa shape index (κ2) is 4.62. The molecule has 21 heavy (non-hydrogen) atoms. The summed E-state index contributed by atoms with van der Waals surface area (Å²) in [6, 6.07) is 5.74. The second-order valence-electron chi connectivity index (χ2n) is 6.86. The SMILES string of the molecule is c1c2c(cc3c1OCO3)[C@H]1C[C@H]3NCCC[C@H]3CN1CC2. The third-order valence-electron chi connectivity index (χ3n) is 5.78. The number of hydrogen-bond acceptors (Lipinski definition) is 4. The quantitative estimate of drug-likeness (QED) is 0.792. The van der Waals surface area contributed by atoms with Crippen LogP contribution in [0.15, 0.2) is 12.1 Å². The predicted molar refractivity (Wildman–Crippen MR) is 79.7 cm³/mol. The molecule has 0 bridgehead atoms. The number of hydrogen-bond donors (Lipinski definition) is 1. The standard InChI is InChI=1S/C17H22N2O2/c1-2-12-9-19-5-3-11-6-16-17(21-10-20-16)7-13(11)15(19)8-14(12)18-4-1/h6-7,12,14-15,18H,1-5,8-10H2/t12-,14+,15+/m0/s1. The number of nitrogens with one attached hydrogen (secondary N) is 1. The van der Waals surface area contributed by atoms with E-state index in [1.54, 1.807) is 0 Å². The molecule has 4 aliphatic heterocycles. The van der Waals surface area contributed by atoms with E-state index in [9.17, 15) is 0 Å². The highest BCUT2D eigenvalue weighted by atomic mass is 16.7. The largest absolute Gasteiger partial charge is 0.454 e. The summed E-state index contributed by atoms with van der Waals surface area (Å²) >= 11 is 0. The molecular weight excluding hydrogens is 264 g/mol. The summed E-state index contributed by atoms with van der Waals surface area (Å²) in [5.41, 5.74) is 2.95. The lowest BCUT2D eigenvalue weighted by atomic mass is 9.77. The van der Waals surface area contributed by atoms with E-state index in [0.717, 1.165) is 23.8 Å². The molecule has 2 saturated heterocycles. The van der Waals surface area contributed by atoms with Gasteiger partial charge in [0, 0.05) is 25.2 Å². The van der Waals surface area contributed by atoms with Gasteiger partial charge in [0.2, 0.25) is 6.79 Å². The maximum Gasteiger partial charge on any atom is 0.231 e. The minimum Gasteiger partial charge on any atom is -0.454 e. The van der Waals surface area contributed by atoms with Crippen LogP contribution in [0.2, 0.25) is 0 Å². The van der Waals surface area contributed by atoms with E-state index in [-0.39, 0.29) is 0 Å². The number of ether oxygens (including phenoxy) is 2. The van der Waals surface area contributed by atoms with E-state index in [1.807, 2.05) is 0 Å². The van der Waals surface area contributed by atoms with E-state index in [0.29, 0.717) is 18.9 Å². The van der Waals surface area contributed by atoms with Crippen LogP contribution in [0, 0.1) is 5.92 Å². The van der Waals surface area contributed by atoms with Crippen molar-refractivity contribution in [3.63, 3.8) is 0 Å². The molecular formula is C17H22N2O2. The fourth-order valence-electron chi connectivity index (χ4n) is 4.69. The van der Waals surface area contributed by atoms with E-state index in [4.69, 9.17) is 9.47 Å². The molecule has 4 heterocycles. The van der Waals surface area contributed by atoms with Crippen molar-refractivity contribution in [2.24, 2.45) is 5.92 Å². The van der Waals surface area contributed by atoms with Crippen molar-refractivity contribution in [2.45, 2.75) is 37.8 Å². The molecule has 4 aliphatic rings. The Balaban J connectivity index is 1.50. The summed E-state index contributed by atoms with van der Waals surface area (Å²) < 4.78 is 11.1. The fourth-order valence-corrected chi connectivity index (χ4v) is 4.69. The first kappa shape index (κ1) is 12.3. The third kappa shape index (κ3) is 1.89. The Kier molecular flexibility index (Phi) is 2.70. The summed E-state index contributed by atoms with van der Waals surface area (Å²) in [7, 11) is 0. The molecule has 3 atom stereocenters. The van der Waals surface area contributed by atoms with Crippen molar-refractivity contribution < 1.29 is 9.47 Å². The van der Waals surface area contributed by atoms with Gasteiger partial charge in [-0.15, -0.1) is 0 Å². The fraction of sp³-hybridized carbons (Fsp3) is 0.647. The van der Waals surface area contributed by atoms with Crippen molar-refractivity contribution in [2.75, 3.05) is 26.4 Å². The predicted octanol–water partition coefficient (Wildman–Crippen LogP) is 2.09. The van der Waals surface area contributed by atoms with Crippen molar-refractivity contribution in [1.29, 1.82) is 0 Å². The molecule has 0 aromatic heterocycles. The minimum atomic E-state index is 0.374. The maximum absolute atomic E-state index is 5.59. The van der Waals surface area contributed by atoms with Gasteiger partial charge in [-0.2, -0.15) is 0 Å². The lowest BCUT2D eigenvalue weighted by molar-refractivity contribution is 0.0551. The molecule has 1 N–H and O–H groups in total. The molecule has 5 rings (SSSR count). The highest BCUT2D eigenvalue weighted by Gasteiger charge is 2.40. The van der Waals surface area contributed by atoms with Gasteiger partial charge in [-0.25, -0.2) is 0 Å². The number of rotatable bonds is 0. The van der Waals surface area contributed by atoms with Crippen molar-refractivity contribution in [3.05, 3.63) is 23.3 Å². The smallest absolute Gasteiger partial charge is 0.231 e. The van der Waals surface area contributed by atoms with Gasteiger partial charge in [0.25, 0.3) is 0 Å². The zero-order valence-electron chi connectivity index (χ0n) is 12.3.